The third-order valence-corrected chi connectivity index (χ3v) is 3.99. The number of hydrogen-bond acceptors (Lipinski definition) is 5. The highest BCUT2D eigenvalue weighted by molar-refractivity contribution is 5.96. The van der Waals surface area contributed by atoms with Crippen molar-refractivity contribution in [3.63, 3.8) is 0 Å². The second-order valence-electron chi connectivity index (χ2n) is 5.27. The van der Waals surface area contributed by atoms with Crippen molar-refractivity contribution >= 4 is 5.91 Å². The molecule has 0 aliphatic carbocycles. The predicted molar refractivity (Wildman–Crippen MR) is 84.1 cm³/mol. The van der Waals surface area contributed by atoms with Crippen molar-refractivity contribution in [1.82, 2.24) is 10.2 Å². The SMILES string of the molecule is CNCC1CCCN1C(=O)c1cc(OC)c(OC)c(OC)c1. The van der Waals surface area contributed by atoms with Crippen LogP contribution in [0.1, 0.15) is 23.2 Å². The lowest BCUT2D eigenvalue weighted by atomic mass is 10.1. The summed E-state index contributed by atoms with van der Waals surface area (Å²) in [6.45, 7) is 1.58. The molecule has 0 bridgehead atoms. The Morgan fingerprint density at radius 3 is 2.36 bits per heavy atom. The van der Waals surface area contributed by atoms with Crippen LogP contribution in [0.25, 0.3) is 0 Å². The molecule has 1 aromatic rings. The molecule has 1 atom stereocenters. The average Bonchev–Trinajstić information content (AvgIpc) is 3.01. The van der Waals surface area contributed by atoms with E-state index in [1.807, 2.05) is 11.9 Å². The van der Waals surface area contributed by atoms with Gasteiger partial charge in [-0.3, -0.25) is 4.79 Å². The van der Waals surface area contributed by atoms with Gasteiger partial charge >= 0.3 is 0 Å². The van der Waals surface area contributed by atoms with E-state index in [0.717, 1.165) is 25.9 Å². The Kier molecular flexibility index (Phi) is 5.49. The van der Waals surface area contributed by atoms with E-state index in [4.69, 9.17) is 14.2 Å². The van der Waals surface area contributed by atoms with Gasteiger partial charge in [0.15, 0.2) is 11.5 Å². The van der Waals surface area contributed by atoms with E-state index in [-0.39, 0.29) is 11.9 Å². The van der Waals surface area contributed by atoms with Gasteiger partial charge in [0.05, 0.1) is 21.3 Å². The Bertz CT molecular complexity index is 508. The van der Waals surface area contributed by atoms with Crippen molar-refractivity contribution in [1.29, 1.82) is 0 Å². The number of nitrogens with one attached hydrogen (secondary N) is 1. The molecule has 6 heteroatoms. The van der Waals surface area contributed by atoms with Crippen molar-refractivity contribution in [3.05, 3.63) is 17.7 Å². The highest BCUT2D eigenvalue weighted by atomic mass is 16.5. The molecule has 0 spiro atoms. The molecule has 1 unspecified atom stereocenters. The van der Waals surface area contributed by atoms with Gasteiger partial charge in [-0.1, -0.05) is 0 Å². The summed E-state index contributed by atoms with van der Waals surface area (Å²) in [6, 6.07) is 3.65. The van der Waals surface area contributed by atoms with E-state index in [2.05, 4.69) is 5.32 Å². The summed E-state index contributed by atoms with van der Waals surface area (Å²) in [5.74, 6) is 1.48. The first-order valence-corrected chi connectivity index (χ1v) is 7.41. The summed E-state index contributed by atoms with van der Waals surface area (Å²) in [7, 11) is 6.54. The predicted octanol–water partition coefficient (Wildman–Crippen LogP) is 1.54. The number of amides is 1. The van der Waals surface area contributed by atoms with Crippen LogP contribution in [-0.2, 0) is 0 Å². The Labute approximate surface area is 131 Å². The molecule has 2 rings (SSSR count). The fourth-order valence-electron chi connectivity index (χ4n) is 2.92. The largest absolute Gasteiger partial charge is 0.493 e. The quantitative estimate of drug-likeness (QED) is 0.864. The fraction of sp³-hybridized carbons (Fsp3) is 0.562. The van der Waals surface area contributed by atoms with E-state index < -0.39 is 0 Å². The zero-order valence-electron chi connectivity index (χ0n) is 13.6. The van der Waals surface area contributed by atoms with Gasteiger partial charge in [0.2, 0.25) is 5.75 Å². The highest BCUT2D eigenvalue weighted by Crippen LogP contribution is 2.38. The van der Waals surface area contributed by atoms with Crippen molar-refractivity contribution in [2.45, 2.75) is 18.9 Å². The summed E-state index contributed by atoms with van der Waals surface area (Å²) in [4.78, 5) is 14.7. The summed E-state index contributed by atoms with van der Waals surface area (Å²) in [5.41, 5.74) is 0.553. The minimum Gasteiger partial charge on any atom is -0.493 e. The fourth-order valence-corrected chi connectivity index (χ4v) is 2.92. The second-order valence-corrected chi connectivity index (χ2v) is 5.27. The van der Waals surface area contributed by atoms with Crippen molar-refractivity contribution in [2.75, 3.05) is 41.5 Å². The lowest BCUT2D eigenvalue weighted by molar-refractivity contribution is 0.0736. The third-order valence-electron chi connectivity index (χ3n) is 3.99. The molecule has 1 aliphatic heterocycles. The zero-order valence-corrected chi connectivity index (χ0v) is 13.6. The number of carbonyl (C=O) groups excluding carboxylic acids is 1. The second kappa shape index (κ2) is 7.35. The normalized spacial score (nSPS) is 17.5. The molecule has 1 aromatic carbocycles. The van der Waals surface area contributed by atoms with E-state index in [1.54, 1.807) is 33.5 Å². The number of benzene rings is 1. The number of likely N-dealkylation sites (N-methyl/N-ethyl adjacent to an activating group) is 1. The summed E-state index contributed by atoms with van der Waals surface area (Å²) in [5, 5.41) is 3.15. The van der Waals surface area contributed by atoms with Gasteiger partial charge in [0.25, 0.3) is 5.91 Å². The van der Waals surface area contributed by atoms with E-state index in [0.29, 0.717) is 22.8 Å². The van der Waals surface area contributed by atoms with Crippen LogP contribution in [0.15, 0.2) is 12.1 Å². The number of hydrogen-bond donors (Lipinski definition) is 1. The number of ether oxygens (including phenoxy) is 3. The van der Waals surface area contributed by atoms with E-state index in [9.17, 15) is 4.79 Å². The van der Waals surface area contributed by atoms with Crippen LogP contribution in [0.3, 0.4) is 0 Å². The minimum atomic E-state index is -0.00277. The molecule has 22 heavy (non-hydrogen) atoms. The van der Waals surface area contributed by atoms with Gasteiger partial charge in [0, 0.05) is 24.7 Å². The molecule has 6 nitrogen and oxygen atoms in total. The molecule has 1 fully saturated rings. The molecular formula is C16H24N2O4. The average molecular weight is 308 g/mol. The monoisotopic (exact) mass is 308 g/mol. The molecule has 1 heterocycles. The van der Waals surface area contributed by atoms with E-state index >= 15 is 0 Å². The van der Waals surface area contributed by atoms with Gasteiger partial charge in [-0.2, -0.15) is 0 Å². The Morgan fingerprint density at radius 1 is 1.23 bits per heavy atom. The van der Waals surface area contributed by atoms with Crippen LogP contribution in [0, 0.1) is 0 Å². The number of carbonyl (C=O) groups is 1. The summed E-state index contributed by atoms with van der Waals surface area (Å²) >= 11 is 0. The molecule has 1 amide bonds. The van der Waals surface area contributed by atoms with Crippen molar-refractivity contribution in [2.24, 2.45) is 0 Å². The molecule has 0 saturated carbocycles. The number of methoxy groups -OCH3 is 3. The van der Waals surface area contributed by atoms with Crippen LogP contribution in [0.2, 0.25) is 0 Å². The minimum absolute atomic E-state index is 0.00277. The Hall–Kier alpha value is -1.95. The van der Waals surface area contributed by atoms with Gasteiger partial charge in [-0.15, -0.1) is 0 Å². The van der Waals surface area contributed by atoms with Gasteiger partial charge < -0.3 is 24.4 Å². The lowest BCUT2D eigenvalue weighted by Gasteiger charge is -2.25. The van der Waals surface area contributed by atoms with Crippen molar-refractivity contribution in [3.8, 4) is 17.2 Å². The maximum Gasteiger partial charge on any atom is 0.254 e. The summed E-state index contributed by atoms with van der Waals surface area (Å²) < 4.78 is 15.9. The maximum atomic E-state index is 12.8. The van der Waals surface area contributed by atoms with Crippen LogP contribution >= 0.6 is 0 Å². The number of rotatable bonds is 6. The van der Waals surface area contributed by atoms with Crippen LogP contribution in [-0.4, -0.2) is 58.3 Å². The van der Waals surface area contributed by atoms with Gasteiger partial charge in [-0.25, -0.2) is 0 Å². The molecule has 0 radical (unpaired) electrons. The summed E-state index contributed by atoms with van der Waals surface area (Å²) in [6.07, 6.45) is 2.06. The third kappa shape index (κ3) is 3.11. The first-order valence-electron chi connectivity index (χ1n) is 7.41. The van der Waals surface area contributed by atoms with Gasteiger partial charge in [-0.05, 0) is 32.0 Å². The highest BCUT2D eigenvalue weighted by Gasteiger charge is 2.30. The molecule has 0 aromatic heterocycles. The molecule has 122 valence electrons. The topological polar surface area (TPSA) is 60.0 Å². The van der Waals surface area contributed by atoms with E-state index in [1.165, 1.54) is 0 Å². The molecular weight excluding hydrogens is 284 g/mol. The Balaban J connectivity index is 2.33. The Morgan fingerprint density at radius 2 is 1.86 bits per heavy atom. The lowest BCUT2D eigenvalue weighted by Crippen LogP contribution is -2.40. The maximum absolute atomic E-state index is 12.8. The van der Waals surface area contributed by atoms with Crippen molar-refractivity contribution < 1.29 is 19.0 Å². The van der Waals surface area contributed by atoms with Crippen LogP contribution < -0.4 is 19.5 Å². The van der Waals surface area contributed by atoms with Crippen LogP contribution in [0.4, 0.5) is 0 Å². The standard InChI is InChI=1S/C16H24N2O4/c1-17-10-12-6-5-7-18(12)16(19)11-8-13(20-2)15(22-4)14(9-11)21-3/h8-9,12,17H,5-7,10H2,1-4H3. The molecule has 1 aliphatic rings. The molecule has 1 N–H and O–H groups in total. The van der Waals surface area contributed by atoms with Crippen LogP contribution in [0.5, 0.6) is 17.2 Å². The van der Waals surface area contributed by atoms with Gasteiger partial charge in [0.1, 0.15) is 0 Å². The molecule has 1 saturated heterocycles. The number of likely N-dealkylation sites (tertiary alicyclic amines) is 1. The first kappa shape index (κ1) is 16.4. The zero-order chi connectivity index (χ0) is 16.1. The smallest absolute Gasteiger partial charge is 0.254 e. The number of nitrogens with zero attached hydrogens (tertiary/aromatic N) is 1. The first-order chi connectivity index (χ1) is 10.7.